The molecule has 0 amide bonds. The number of hydrogen-bond donors (Lipinski definition) is 1. The lowest BCUT2D eigenvalue weighted by Gasteiger charge is -2.22. The maximum Gasteiger partial charge on any atom is 0.136 e. The first-order valence-corrected chi connectivity index (χ1v) is 5.51. The minimum absolute atomic E-state index is 0.152. The summed E-state index contributed by atoms with van der Waals surface area (Å²) in [5, 5.41) is 0. The van der Waals surface area contributed by atoms with E-state index in [1.165, 1.54) is 12.8 Å². The fraction of sp³-hybridized carbons (Fsp3) is 0.417. The standard InChI is InChI=1S/C12H15N3/c13-12(6-2-3-7-12)10-9-14-11-5-1-4-8-15(10)11/h1,4-5,8-9H,2-3,6-7,13H2. The Morgan fingerprint density at radius 2 is 2.07 bits per heavy atom. The third-order valence-corrected chi connectivity index (χ3v) is 3.42. The van der Waals surface area contributed by atoms with Gasteiger partial charge < -0.3 is 10.1 Å². The van der Waals surface area contributed by atoms with Gasteiger partial charge in [-0.05, 0) is 25.0 Å². The summed E-state index contributed by atoms with van der Waals surface area (Å²) in [6.45, 7) is 0. The SMILES string of the molecule is NC1(c2cnc3ccccn23)CCCC1. The Balaban J connectivity index is 2.18. The average Bonchev–Trinajstić information content (AvgIpc) is 2.84. The number of pyridine rings is 1. The summed E-state index contributed by atoms with van der Waals surface area (Å²) in [4.78, 5) is 4.39. The Hall–Kier alpha value is -1.35. The molecule has 2 heterocycles. The molecule has 2 aromatic heterocycles. The van der Waals surface area contributed by atoms with E-state index >= 15 is 0 Å². The van der Waals surface area contributed by atoms with Crippen molar-refractivity contribution in [3.8, 4) is 0 Å². The van der Waals surface area contributed by atoms with Gasteiger partial charge in [0.2, 0.25) is 0 Å². The Bertz CT molecular complexity index is 480. The van der Waals surface area contributed by atoms with Gasteiger partial charge in [0.05, 0.1) is 17.4 Å². The molecule has 3 nitrogen and oxygen atoms in total. The predicted molar refractivity (Wildman–Crippen MR) is 59.5 cm³/mol. The summed E-state index contributed by atoms with van der Waals surface area (Å²) in [5.41, 5.74) is 8.43. The lowest BCUT2D eigenvalue weighted by atomic mass is 9.95. The molecule has 1 saturated carbocycles. The number of nitrogens with two attached hydrogens (primary N) is 1. The van der Waals surface area contributed by atoms with Crippen LogP contribution in [0.5, 0.6) is 0 Å². The molecule has 0 atom stereocenters. The van der Waals surface area contributed by atoms with Crippen molar-refractivity contribution < 1.29 is 0 Å². The van der Waals surface area contributed by atoms with Crippen molar-refractivity contribution in [2.75, 3.05) is 0 Å². The largest absolute Gasteiger partial charge is 0.320 e. The summed E-state index contributed by atoms with van der Waals surface area (Å²) in [7, 11) is 0. The van der Waals surface area contributed by atoms with Crippen LogP contribution in [0.4, 0.5) is 0 Å². The van der Waals surface area contributed by atoms with Crippen LogP contribution in [0.25, 0.3) is 5.65 Å². The quantitative estimate of drug-likeness (QED) is 0.767. The summed E-state index contributed by atoms with van der Waals surface area (Å²) in [6.07, 6.45) is 8.60. The van der Waals surface area contributed by atoms with Gasteiger partial charge in [-0.1, -0.05) is 18.9 Å². The van der Waals surface area contributed by atoms with E-state index < -0.39 is 0 Å². The van der Waals surface area contributed by atoms with Crippen molar-refractivity contribution in [1.82, 2.24) is 9.38 Å². The van der Waals surface area contributed by atoms with E-state index in [9.17, 15) is 0 Å². The van der Waals surface area contributed by atoms with Gasteiger partial charge in [-0.15, -0.1) is 0 Å². The van der Waals surface area contributed by atoms with Crippen LogP contribution in [-0.2, 0) is 5.54 Å². The van der Waals surface area contributed by atoms with Gasteiger partial charge in [-0.25, -0.2) is 4.98 Å². The van der Waals surface area contributed by atoms with Crippen LogP contribution in [0.3, 0.4) is 0 Å². The Morgan fingerprint density at radius 3 is 2.87 bits per heavy atom. The first-order valence-electron chi connectivity index (χ1n) is 5.51. The average molecular weight is 201 g/mol. The number of rotatable bonds is 1. The smallest absolute Gasteiger partial charge is 0.136 e. The van der Waals surface area contributed by atoms with Crippen molar-refractivity contribution in [2.24, 2.45) is 5.73 Å². The highest BCUT2D eigenvalue weighted by Gasteiger charge is 2.33. The molecule has 0 bridgehead atoms. The molecule has 78 valence electrons. The molecule has 1 aliphatic carbocycles. The van der Waals surface area contributed by atoms with Gasteiger partial charge in [0, 0.05) is 6.20 Å². The van der Waals surface area contributed by atoms with Gasteiger partial charge in [0.15, 0.2) is 0 Å². The van der Waals surface area contributed by atoms with Crippen LogP contribution in [-0.4, -0.2) is 9.38 Å². The Kier molecular flexibility index (Phi) is 1.83. The van der Waals surface area contributed by atoms with E-state index in [4.69, 9.17) is 5.73 Å². The summed E-state index contributed by atoms with van der Waals surface area (Å²) >= 11 is 0. The van der Waals surface area contributed by atoms with E-state index in [1.54, 1.807) is 0 Å². The molecule has 0 radical (unpaired) electrons. The molecule has 0 saturated heterocycles. The topological polar surface area (TPSA) is 43.3 Å². The number of imidazole rings is 1. The maximum atomic E-state index is 6.43. The van der Waals surface area contributed by atoms with E-state index in [0.717, 1.165) is 24.2 Å². The van der Waals surface area contributed by atoms with Gasteiger partial charge in [-0.3, -0.25) is 0 Å². The molecule has 0 aromatic carbocycles. The van der Waals surface area contributed by atoms with Gasteiger partial charge in [-0.2, -0.15) is 0 Å². The lowest BCUT2D eigenvalue weighted by molar-refractivity contribution is 0.444. The van der Waals surface area contributed by atoms with Crippen LogP contribution in [0.15, 0.2) is 30.6 Å². The van der Waals surface area contributed by atoms with E-state index in [-0.39, 0.29) is 5.54 Å². The van der Waals surface area contributed by atoms with Crippen molar-refractivity contribution in [2.45, 2.75) is 31.2 Å². The fourth-order valence-corrected chi connectivity index (χ4v) is 2.56. The van der Waals surface area contributed by atoms with E-state index in [0.29, 0.717) is 0 Å². The zero-order chi connectivity index (χ0) is 10.3. The zero-order valence-corrected chi connectivity index (χ0v) is 8.69. The van der Waals surface area contributed by atoms with Crippen molar-refractivity contribution in [1.29, 1.82) is 0 Å². The molecule has 3 rings (SSSR count). The summed E-state index contributed by atoms with van der Waals surface area (Å²) in [5.74, 6) is 0. The van der Waals surface area contributed by atoms with Crippen molar-refractivity contribution >= 4 is 5.65 Å². The highest BCUT2D eigenvalue weighted by atomic mass is 15.0. The van der Waals surface area contributed by atoms with Crippen LogP contribution >= 0.6 is 0 Å². The first kappa shape index (κ1) is 8.92. The summed E-state index contributed by atoms with van der Waals surface area (Å²) < 4.78 is 2.12. The van der Waals surface area contributed by atoms with Crippen molar-refractivity contribution in [3.05, 3.63) is 36.3 Å². The molecule has 0 unspecified atom stereocenters. The maximum absolute atomic E-state index is 6.43. The monoisotopic (exact) mass is 201 g/mol. The molecular formula is C12H15N3. The normalized spacial score (nSPS) is 19.8. The van der Waals surface area contributed by atoms with E-state index in [2.05, 4.69) is 9.38 Å². The molecule has 3 heteroatoms. The van der Waals surface area contributed by atoms with Gasteiger partial charge in [0.1, 0.15) is 5.65 Å². The minimum atomic E-state index is -0.152. The summed E-state index contributed by atoms with van der Waals surface area (Å²) in [6, 6.07) is 6.04. The molecule has 2 N–H and O–H groups in total. The zero-order valence-electron chi connectivity index (χ0n) is 8.69. The third kappa shape index (κ3) is 1.27. The lowest BCUT2D eigenvalue weighted by Crippen LogP contribution is -2.34. The van der Waals surface area contributed by atoms with Crippen LogP contribution < -0.4 is 5.73 Å². The molecule has 2 aromatic rings. The molecule has 1 aliphatic rings. The molecule has 0 spiro atoms. The first-order chi connectivity index (χ1) is 7.30. The second-order valence-corrected chi connectivity index (χ2v) is 4.44. The number of aromatic nitrogens is 2. The molecule has 1 fully saturated rings. The Labute approximate surface area is 88.9 Å². The second kappa shape index (κ2) is 3.07. The predicted octanol–water partition coefficient (Wildman–Crippen LogP) is 2.06. The highest BCUT2D eigenvalue weighted by molar-refractivity contribution is 5.41. The number of nitrogens with zero attached hydrogens (tertiary/aromatic N) is 2. The third-order valence-electron chi connectivity index (χ3n) is 3.42. The number of fused-ring (bicyclic) bond motifs is 1. The Morgan fingerprint density at radius 1 is 1.27 bits per heavy atom. The van der Waals surface area contributed by atoms with Crippen LogP contribution in [0.1, 0.15) is 31.4 Å². The highest BCUT2D eigenvalue weighted by Crippen LogP contribution is 2.36. The van der Waals surface area contributed by atoms with Crippen LogP contribution in [0, 0.1) is 0 Å². The molecule has 0 aliphatic heterocycles. The van der Waals surface area contributed by atoms with Crippen molar-refractivity contribution in [3.63, 3.8) is 0 Å². The molecular weight excluding hydrogens is 186 g/mol. The molecule has 15 heavy (non-hydrogen) atoms. The van der Waals surface area contributed by atoms with Crippen LogP contribution in [0.2, 0.25) is 0 Å². The minimum Gasteiger partial charge on any atom is -0.320 e. The number of hydrogen-bond acceptors (Lipinski definition) is 2. The fourth-order valence-electron chi connectivity index (χ4n) is 2.56. The second-order valence-electron chi connectivity index (χ2n) is 4.44. The van der Waals surface area contributed by atoms with Gasteiger partial charge >= 0.3 is 0 Å². The van der Waals surface area contributed by atoms with Gasteiger partial charge in [0.25, 0.3) is 0 Å². The van der Waals surface area contributed by atoms with E-state index in [1.807, 2.05) is 30.6 Å².